The zero-order valence-electron chi connectivity index (χ0n) is 9.32. The van der Waals surface area contributed by atoms with E-state index in [4.69, 9.17) is 0 Å². The van der Waals surface area contributed by atoms with Crippen LogP contribution in [0.3, 0.4) is 0 Å². The van der Waals surface area contributed by atoms with E-state index in [-0.39, 0.29) is 12.0 Å². The van der Waals surface area contributed by atoms with Gasteiger partial charge < -0.3 is 10.0 Å². The van der Waals surface area contributed by atoms with Crippen molar-refractivity contribution in [3.8, 4) is 0 Å². The van der Waals surface area contributed by atoms with Crippen LogP contribution in [-0.2, 0) is 0 Å². The van der Waals surface area contributed by atoms with Crippen LogP contribution >= 0.6 is 43.2 Å². The second-order valence-electron chi connectivity index (χ2n) is 4.41. The zero-order chi connectivity index (χ0) is 12.6. The Kier molecular flexibility index (Phi) is 4.28. The van der Waals surface area contributed by atoms with Crippen LogP contribution in [0.15, 0.2) is 13.6 Å². The molecule has 2 rings (SSSR count). The van der Waals surface area contributed by atoms with Gasteiger partial charge in [0.25, 0.3) is 5.91 Å². The number of hydrogen-bond donors (Lipinski definition) is 1. The van der Waals surface area contributed by atoms with Gasteiger partial charge in [-0.2, -0.15) is 0 Å². The van der Waals surface area contributed by atoms with Crippen molar-refractivity contribution in [1.29, 1.82) is 0 Å². The van der Waals surface area contributed by atoms with Gasteiger partial charge in [-0.1, -0.05) is 0 Å². The lowest BCUT2D eigenvalue weighted by Gasteiger charge is -2.34. The third kappa shape index (κ3) is 3.10. The van der Waals surface area contributed by atoms with Crippen molar-refractivity contribution in [1.82, 2.24) is 4.90 Å². The molecule has 0 aliphatic heterocycles. The highest BCUT2D eigenvalue weighted by Crippen LogP contribution is 2.33. The summed E-state index contributed by atoms with van der Waals surface area (Å²) in [5.41, 5.74) is 0.698. The minimum atomic E-state index is -0.162. The number of halogens is 2. The predicted octanol–water partition coefficient (Wildman–Crippen LogP) is 3.12. The molecule has 1 aromatic rings. The van der Waals surface area contributed by atoms with Crippen LogP contribution in [0.5, 0.6) is 0 Å². The average Bonchev–Trinajstić information content (AvgIpc) is 2.54. The minimum Gasteiger partial charge on any atom is -0.393 e. The summed E-state index contributed by atoms with van der Waals surface area (Å²) >= 11 is 8.26. The summed E-state index contributed by atoms with van der Waals surface area (Å²) < 4.78 is 1.80. The molecule has 6 heteroatoms. The summed E-state index contributed by atoms with van der Waals surface area (Å²) in [7, 11) is 1.81. The van der Waals surface area contributed by atoms with Crippen molar-refractivity contribution in [3.05, 3.63) is 19.2 Å². The topological polar surface area (TPSA) is 40.5 Å². The highest BCUT2D eigenvalue weighted by atomic mass is 79.9. The Hall–Kier alpha value is 0.0900. The van der Waals surface area contributed by atoms with Gasteiger partial charge in [0.1, 0.15) is 0 Å². The maximum absolute atomic E-state index is 12.2. The van der Waals surface area contributed by atoms with Crippen LogP contribution in [0.2, 0.25) is 0 Å². The summed E-state index contributed by atoms with van der Waals surface area (Å²) in [6.45, 7) is 0.718. The molecule has 1 fully saturated rings. The molecule has 1 aliphatic rings. The number of thiophene rings is 1. The number of aliphatic hydroxyl groups is 1. The molecule has 1 amide bonds. The molecule has 0 saturated heterocycles. The number of carbonyl (C=O) groups excluding carboxylic acids is 1. The Balaban J connectivity index is 1.97. The number of hydrogen-bond acceptors (Lipinski definition) is 3. The number of amides is 1. The lowest BCUT2D eigenvalue weighted by atomic mass is 9.82. The lowest BCUT2D eigenvalue weighted by molar-refractivity contribution is 0.0265. The van der Waals surface area contributed by atoms with Gasteiger partial charge in [-0.15, -0.1) is 11.3 Å². The fourth-order valence-corrected chi connectivity index (χ4v) is 4.79. The van der Waals surface area contributed by atoms with Crippen molar-refractivity contribution in [3.63, 3.8) is 0 Å². The third-order valence-corrected chi connectivity index (χ3v) is 5.32. The fourth-order valence-electron chi connectivity index (χ4n) is 2.01. The summed E-state index contributed by atoms with van der Waals surface area (Å²) in [6.07, 6.45) is 1.46. The zero-order valence-corrected chi connectivity index (χ0v) is 13.3. The molecule has 0 unspecified atom stereocenters. The normalized spacial score (nSPS) is 23.3. The first-order valence-corrected chi connectivity index (χ1v) is 7.76. The molecule has 0 atom stereocenters. The van der Waals surface area contributed by atoms with Gasteiger partial charge in [-0.25, -0.2) is 0 Å². The van der Waals surface area contributed by atoms with Gasteiger partial charge in [-0.05, 0) is 56.7 Å². The van der Waals surface area contributed by atoms with Crippen LogP contribution in [0.25, 0.3) is 0 Å². The smallest absolute Gasteiger partial charge is 0.255 e. The maximum atomic E-state index is 12.2. The standard InChI is InChI=1S/C11H13Br2NO2S/c1-14(5-6-2-7(15)3-6)11(16)8-4-9(12)17-10(8)13/h4,6-7,15H,2-3,5H2,1H3. The molecule has 1 aromatic heterocycles. The Morgan fingerprint density at radius 3 is 2.71 bits per heavy atom. The molecule has 1 saturated carbocycles. The average molecular weight is 383 g/mol. The number of rotatable bonds is 3. The van der Waals surface area contributed by atoms with E-state index >= 15 is 0 Å². The molecule has 94 valence electrons. The highest BCUT2D eigenvalue weighted by molar-refractivity contribution is 9.12. The van der Waals surface area contributed by atoms with Crippen LogP contribution in [0, 0.1) is 5.92 Å². The van der Waals surface area contributed by atoms with Gasteiger partial charge in [-0.3, -0.25) is 4.79 Å². The second kappa shape index (κ2) is 5.38. The SMILES string of the molecule is CN(CC1CC(O)C1)C(=O)c1cc(Br)sc1Br. The molecular formula is C11H13Br2NO2S. The molecule has 0 radical (unpaired) electrons. The molecule has 17 heavy (non-hydrogen) atoms. The quantitative estimate of drug-likeness (QED) is 0.872. The van der Waals surface area contributed by atoms with E-state index in [1.807, 2.05) is 13.1 Å². The predicted molar refractivity (Wildman–Crippen MR) is 75.4 cm³/mol. The van der Waals surface area contributed by atoms with Crippen LogP contribution < -0.4 is 0 Å². The fraction of sp³-hybridized carbons (Fsp3) is 0.545. The largest absolute Gasteiger partial charge is 0.393 e. The van der Waals surface area contributed by atoms with E-state index in [1.165, 1.54) is 11.3 Å². The van der Waals surface area contributed by atoms with Crippen molar-refractivity contribution in [2.45, 2.75) is 18.9 Å². The van der Waals surface area contributed by atoms with E-state index in [0.717, 1.165) is 27.0 Å². The minimum absolute atomic E-state index is 0.0280. The second-order valence-corrected chi connectivity index (χ2v) is 8.16. The summed E-state index contributed by atoms with van der Waals surface area (Å²) in [6, 6.07) is 1.84. The van der Waals surface area contributed by atoms with Gasteiger partial charge in [0.05, 0.1) is 19.2 Å². The monoisotopic (exact) mass is 381 g/mol. The molecule has 0 bridgehead atoms. The molecular weight excluding hydrogens is 370 g/mol. The van der Waals surface area contributed by atoms with E-state index in [1.54, 1.807) is 4.90 Å². The molecule has 0 spiro atoms. The number of carbonyl (C=O) groups is 1. The first-order chi connectivity index (χ1) is 7.97. The molecule has 0 aromatic carbocycles. The molecule has 1 aliphatic carbocycles. The lowest BCUT2D eigenvalue weighted by Crippen LogP contribution is -2.39. The summed E-state index contributed by atoms with van der Waals surface area (Å²) in [5, 5.41) is 9.22. The van der Waals surface area contributed by atoms with E-state index in [9.17, 15) is 9.90 Å². The third-order valence-electron chi connectivity index (χ3n) is 2.98. The van der Waals surface area contributed by atoms with Gasteiger partial charge in [0.15, 0.2) is 0 Å². The first-order valence-electron chi connectivity index (χ1n) is 5.35. The van der Waals surface area contributed by atoms with Gasteiger partial charge in [0.2, 0.25) is 0 Å². The summed E-state index contributed by atoms with van der Waals surface area (Å²) in [4.78, 5) is 13.9. The van der Waals surface area contributed by atoms with E-state index in [0.29, 0.717) is 11.5 Å². The van der Waals surface area contributed by atoms with Gasteiger partial charge in [0, 0.05) is 13.6 Å². The van der Waals surface area contributed by atoms with Crippen molar-refractivity contribution < 1.29 is 9.90 Å². The van der Waals surface area contributed by atoms with Crippen molar-refractivity contribution in [2.24, 2.45) is 5.92 Å². The van der Waals surface area contributed by atoms with E-state index in [2.05, 4.69) is 31.9 Å². The molecule has 1 N–H and O–H groups in total. The Bertz CT molecular complexity index is 429. The van der Waals surface area contributed by atoms with Gasteiger partial charge >= 0.3 is 0 Å². The van der Waals surface area contributed by atoms with Crippen LogP contribution in [-0.4, -0.2) is 35.6 Å². The summed E-state index contributed by atoms with van der Waals surface area (Å²) in [5.74, 6) is 0.472. The van der Waals surface area contributed by atoms with Crippen molar-refractivity contribution in [2.75, 3.05) is 13.6 Å². The van der Waals surface area contributed by atoms with E-state index < -0.39 is 0 Å². The first kappa shape index (κ1) is 13.5. The molecule has 1 heterocycles. The van der Waals surface area contributed by atoms with Crippen LogP contribution in [0.4, 0.5) is 0 Å². The Morgan fingerprint density at radius 1 is 1.59 bits per heavy atom. The number of aliphatic hydroxyl groups excluding tert-OH is 1. The van der Waals surface area contributed by atoms with Crippen LogP contribution in [0.1, 0.15) is 23.2 Å². The molecule has 3 nitrogen and oxygen atoms in total. The Morgan fingerprint density at radius 2 is 2.24 bits per heavy atom. The van der Waals surface area contributed by atoms with Crippen molar-refractivity contribution >= 4 is 49.1 Å². The maximum Gasteiger partial charge on any atom is 0.255 e. The Labute approximate surface area is 121 Å². The highest BCUT2D eigenvalue weighted by Gasteiger charge is 2.29. The number of nitrogens with zero attached hydrogens (tertiary/aromatic N) is 1.